The average Bonchev–Trinajstić information content (AvgIpc) is 3.41. The average molecular weight is 462 g/mol. The molecule has 0 aliphatic carbocycles. The molecule has 11 heteroatoms. The van der Waals surface area contributed by atoms with Crippen molar-refractivity contribution in [3.63, 3.8) is 0 Å². The molecule has 0 atom stereocenters. The first-order valence-electron chi connectivity index (χ1n) is 10.5. The molecule has 0 spiro atoms. The van der Waals surface area contributed by atoms with Crippen molar-refractivity contribution in [1.82, 2.24) is 29.5 Å². The van der Waals surface area contributed by atoms with Crippen molar-refractivity contribution >= 4 is 22.7 Å². The van der Waals surface area contributed by atoms with Crippen LogP contribution in [0.5, 0.6) is 11.6 Å². The molecule has 3 heterocycles. The van der Waals surface area contributed by atoms with Crippen molar-refractivity contribution in [2.24, 2.45) is 0 Å². The second-order valence-corrected chi connectivity index (χ2v) is 7.68. The number of nitrogens with one attached hydrogen (secondary N) is 1. The third kappa shape index (κ3) is 3.98. The van der Waals surface area contributed by atoms with Crippen molar-refractivity contribution in [1.29, 1.82) is 0 Å². The Morgan fingerprint density at radius 3 is 2.47 bits per heavy atom. The Hall–Kier alpha value is -4.54. The molecule has 1 aliphatic rings. The molecule has 0 radical (unpaired) electrons. The van der Waals surface area contributed by atoms with Gasteiger partial charge in [-0.2, -0.15) is 0 Å². The molecule has 1 fully saturated rings. The molecule has 0 bridgehead atoms. The van der Waals surface area contributed by atoms with Crippen LogP contribution in [0.15, 0.2) is 66.0 Å². The maximum Gasteiger partial charge on any atom is 0.329 e. The van der Waals surface area contributed by atoms with Gasteiger partial charge in [0.1, 0.15) is 17.9 Å². The number of nitrogens with zero attached hydrogens (tertiary/aromatic N) is 5. The molecular formula is C23H19FN6O4. The number of benzene rings is 2. The summed E-state index contributed by atoms with van der Waals surface area (Å²) in [6.07, 6.45) is 4.49. The van der Waals surface area contributed by atoms with Gasteiger partial charge in [-0.3, -0.25) is 14.2 Å². The number of ether oxygens (including phenoxy) is 1. The van der Waals surface area contributed by atoms with E-state index in [2.05, 4.69) is 15.2 Å². The van der Waals surface area contributed by atoms with E-state index in [4.69, 9.17) is 4.74 Å². The van der Waals surface area contributed by atoms with Gasteiger partial charge in [0.25, 0.3) is 11.5 Å². The maximum absolute atomic E-state index is 14.6. The highest BCUT2D eigenvalue weighted by Crippen LogP contribution is 2.27. The summed E-state index contributed by atoms with van der Waals surface area (Å²) < 4.78 is 21.7. The number of amides is 2. The van der Waals surface area contributed by atoms with Crippen molar-refractivity contribution in [2.75, 3.05) is 26.2 Å². The zero-order valence-electron chi connectivity index (χ0n) is 17.8. The molecular weight excluding hydrogens is 443 g/mol. The zero-order valence-corrected chi connectivity index (χ0v) is 17.8. The molecule has 1 N–H and O–H groups in total. The van der Waals surface area contributed by atoms with E-state index >= 15 is 0 Å². The van der Waals surface area contributed by atoms with Gasteiger partial charge in [0.15, 0.2) is 0 Å². The Kier molecular flexibility index (Phi) is 5.50. The van der Waals surface area contributed by atoms with Crippen LogP contribution in [0.3, 0.4) is 0 Å². The maximum atomic E-state index is 14.6. The molecule has 1 saturated heterocycles. The van der Waals surface area contributed by atoms with Crippen LogP contribution >= 0.6 is 0 Å². The third-order valence-electron chi connectivity index (χ3n) is 5.61. The Bertz CT molecular complexity index is 1430. The molecule has 34 heavy (non-hydrogen) atoms. The second-order valence-electron chi connectivity index (χ2n) is 7.68. The van der Waals surface area contributed by atoms with E-state index in [0.29, 0.717) is 23.9 Å². The minimum absolute atomic E-state index is 0.131. The van der Waals surface area contributed by atoms with E-state index in [-0.39, 0.29) is 41.9 Å². The fourth-order valence-corrected chi connectivity index (χ4v) is 3.82. The number of aromatic amines is 1. The Labute approximate surface area is 192 Å². The van der Waals surface area contributed by atoms with Gasteiger partial charge in [0.2, 0.25) is 5.88 Å². The Balaban J connectivity index is 1.33. The summed E-state index contributed by atoms with van der Waals surface area (Å²) in [5.41, 5.74) is -0.510. The van der Waals surface area contributed by atoms with Crippen LogP contribution in [0.4, 0.5) is 9.18 Å². The van der Waals surface area contributed by atoms with Gasteiger partial charge in [0, 0.05) is 38.6 Å². The van der Waals surface area contributed by atoms with Crippen LogP contribution in [0, 0.1) is 5.82 Å². The highest BCUT2D eigenvalue weighted by Gasteiger charge is 2.27. The van der Waals surface area contributed by atoms with Crippen molar-refractivity contribution in [2.45, 2.75) is 0 Å². The lowest BCUT2D eigenvalue weighted by atomic mass is 10.1. The van der Waals surface area contributed by atoms with Crippen LogP contribution in [-0.4, -0.2) is 67.7 Å². The zero-order chi connectivity index (χ0) is 23.7. The largest absolute Gasteiger partial charge is 0.437 e. The van der Waals surface area contributed by atoms with Gasteiger partial charge in [0.05, 0.1) is 16.3 Å². The minimum Gasteiger partial charge on any atom is -0.437 e. The number of piperazine rings is 1. The van der Waals surface area contributed by atoms with E-state index in [9.17, 15) is 18.8 Å². The van der Waals surface area contributed by atoms with Crippen LogP contribution in [0.1, 0.15) is 10.4 Å². The van der Waals surface area contributed by atoms with E-state index in [1.807, 2.05) is 0 Å². The van der Waals surface area contributed by atoms with Gasteiger partial charge in [-0.15, -0.1) is 5.10 Å². The summed E-state index contributed by atoms with van der Waals surface area (Å²) in [6.45, 7) is 1.15. The molecule has 2 aromatic carbocycles. The van der Waals surface area contributed by atoms with Crippen molar-refractivity contribution < 1.29 is 18.7 Å². The van der Waals surface area contributed by atoms with Crippen LogP contribution in [0.25, 0.3) is 10.8 Å². The van der Waals surface area contributed by atoms with Crippen LogP contribution in [-0.2, 0) is 0 Å². The third-order valence-corrected chi connectivity index (χ3v) is 5.61. The van der Waals surface area contributed by atoms with Crippen LogP contribution < -0.4 is 10.3 Å². The monoisotopic (exact) mass is 462 g/mol. The molecule has 2 aromatic heterocycles. The topological polar surface area (TPSA) is 113 Å². The summed E-state index contributed by atoms with van der Waals surface area (Å²) in [7, 11) is 0. The minimum atomic E-state index is -0.687. The molecule has 10 nitrogen and oxygen atoms in total. The molecule has 4 aromatic rings. The molecule has 1 aliphatic heterocycles. The summed E-state index contributed by atoms with van der Waals surface area (Å²) in [5.74, 6) is -0.860. The number of fused-ring (bicyclic) bond motifs is 1. The smallest absolute Gasteiger partial charge is 0.329 e. The summed E-state index contributed by atoms with van der Waals surface area (Å²) >= 11 is 0. The first-order valence-corrected chi connectivity index (χ1v) is 10.5. The first kappa shape index (κ1) is 21.3. The van der Waals surface area contributed by atoms with Gasteiger partial charge >= 0.3 is 6.03 Å². The van der Waals surface area contributed by atoms with E-state index in [0.717, 1.165) is 6.07 Å². The lowest BCUT2D eigenvalue weighted by Crippen LogP contribution is -2.51. The number of aromatic nitrogens is 4. The lowest BCUT2D eigenvalue weighted by Gasteiger charge is -2.34. The predicted molar refractivity (Wildman–Crippen MR) is 119 cm³/mol. The van der Waals surface area contributed by atoms with Gasteiger partial charge in [-0.1, -0.05) is 12.1 Å². The van der Waals surface area contributed by atoms with Crippen molar-refractivity contribution in [3.8, 4) is 11.6 Å². The number of carbonyl (C=O) groups excluding carboxylic acids is 2. The van der Waals surface area contributed by atoms with E-state index < -0.39 is 11.7 Å². The quantitative estimate of drug-likeness (QED) is 0.501. The fraction of sp³-hybridized carbons (Fsp3) is 0.174. The summed E-state index contributed by atoms with van der Waals surface area (Å²) in [4.78, 5) is 44.4. The number of imidazole rings is 1. The molecule has 0 unspecified atom stereocenters. The Morgan fingerprint density at radius 1 is 1.00 bits per heavy atom. The number of carbonyl (C=O) groups is 2. The second kappa shape index (κ2) is 8.77. The molecule has 5 rings (SSSR count). The molecule has 2 amide bonds. The highest BCUT2D eigenvalue weighted by atomic mass is 19.1. The molecule has 172 valence electrons. The van der Waals surface area contributed by atoms with E-state index in [1.54, 1.807) is 35.4 Å². The Morgan fingerprint density at radius 2 is 1.74 bits per heavy atom. The van der Waals surface area contributed by atoms with E-state index in [1.165, 1.54) is 34.1 Å². The standard InChI is InChI=1S/C23H19FN6O4/c24-19-6-5-15(34-21-17-4-2-1-3-16(17)20(31)26-27-21)13-18(19)22(32)28-9-11-29(12-10-28)23(33)30-8-7-25-14-30/h1-8,13-14H,9-12H2,(H,26,31). The lowest BCUT2D eigenvalue weighted by molar-refractivity contribution is 0.0661. The summed E-state index contributed by atoms with van der Waals surface area (Å²) in [6, 6.07) is 10.4. The summed E-state index contributed by atoms with van der Waals surface area (Å²) in [5, 5.41) is 7.20. The normalized spacial score (nSPS) is 13.8. The van der Waals surface area contributed by atoms with Gasteiger partial charge in [-0.05, 0) is 30.3 Å². The predicted octanol–water partition coefficient (Wildman–Crippen LogP) is 2.48. The fourth-order valence-electron chi connectivity index (χ4n) is 3.82. The van der Waals surface area contributed by atoms with Crippen molar-refractivity contribution in [3.05, 3.63) is 82.9 Å². The number of rotatable bonds is 3. The SMILES string of the molecule is O=C(c1cc(Oc2n[nH]c(=O)c3ccccc23)ccc1F)N1CCN(C(=O)n2ccnc2)CC1. The first-order chi connectivity index (χ1) is 16.5. The number of hydrogen-bond donors (Lipinski definition) is 1. The van der Waals surface area contributed by atoms with Gasteiger partial charge in [-0.25, -0.2) is 19.3 Å². The number of H-pyrrole nitrogens is 1. The van der Waals surface area contributed by atoms with Crippen LogP contribution in [0.2, 0.25) is 0 Å². The number of hydrogen-bond acceptors (Lipinski definition) is 6. The highest BCUT2D eigenvalue weighted by molar-refractivity contribution is 5.95. The molecule has 0 saturated carbocycles. The van der Waals surface area contributed by atoms with Gasteiger partial charge < -0.3 is 14.5 Å². The number of halogens is 1.